The van der Waals surface area contributed by atoms with Crippen molar-refractivity contribution in [3.05, 3.63) is 47.5 Å². The Morgan fingerprint density at radius 1 is 1.26 bits per heavy atom. The summed E-state index contributed by atoms with van der Waals surface area (Å²) in [6.45, 7) is 4.79. The van der Waals surface area contributed by atoms with Crippen molar-refractivity contribution in [1.29, 1.82) is 0 Å². The van der Waals surface area contributed by atoms with Crippen molar-refractivity contribution in [2.45, 2.75) is 58.0 Å². The maximum Gasteiger partial charge on any atom is 0.248 e. The van der Waals surface area contributed by atoms with Crippen LogP contribution < -0.4 is 5.32 Å². The van der Waals surface area contributed by atoms with Gasteiger partial charge in [0.1, 0.15) is 11.4 Å². The number of carbonyl (C=O) groups is 1. The zero-order chi connectivity index (χ0) is 19.3. The van der Waals surface area contributed by atoms with E-state index in [0.29, 0.717) is 13.1 Å². The second kappa shape index (κ2) is 8.57. The van der Waals surface area contributed by atoms with Crippen LogP contribution in [0.3, 0.4) is 0 Å². The lowest BCUT2D eigenvalue weighted by Crippen LogP contribution is -2.55. The minimum absolute atomic E-state index is 0.0471. The number of rotatable bonds is 7. The standard InChI is InChI=1S/C21H30N4O2/c1-16-6-7-18(14-17(16)2)24-21(8-4-3-5-9-21)20(27)25(12-13-26)15-19-22-10-11-23-19/h6-7,10-11,14,24,26H,3-5,8-9,12-13,15H2,1-2H3,(H,22,23). The van der Waals surface area contributed by atoms with E-state index >= 15 is 0 Å². The lowest BCUT2D eigenvalue weighted by Gasteiger charge is -2.41. The van der Waals surface area contributed by atoms with Gasteiger partial charge in [0, 0.05) is 24.6 Å². The molecule has 6 nitrogen and oxygen atoms in total. The molecule has 0 atom stereocenters. The first-order valence-electron chi connectivity index (χ1n) is 9.78. The monoisotopic (exact) mass is 370 g/mol. The highest BCUT2D eigenvalue weighted by atomic mass is 16.3. The minimum Gasteiger partial charge on any atom is -0.395 e. The number of nitrogens with zero attached hydrogens (tertiary/aromatic N) is 2. The van der Waals surface area contributed by atoms with Gasteiger partial charge in [-0.1, -0.05) is 25.3 Å². The lowest BCUT2D eigenvalue weighted by molar-refractivity contribution is -0.138. The average molecular weight is 370 g/mol. The molecule has 1 fully saturated rings. The van der Waals surface area contributed by atoms with Gasteiger partial charge < -0.3 is 20.3 Å². The van der Waals surface area contributed by atoms with Crippen molar-refractivity contribution in [2.75, 3.05) is 18.5 Å². The number of imidazole rings is 1. The molecule has 1 aliphatic rings. The maximum atomic E-state index is 13.6. The Morgan fingerprint density at radius 3 is 2.67 bits per heavy atom. The van der Waals surface area contributed by atoms with Gasteiger partial charge in [-0.2, -0.15) is 0 Å². The highest BCUT2D eigenvalue weighted by Gasteiger charge is 2.42. The van der Waals surface area contributed by atoms with Crippen LogP contribution in [0.15, 0.2) is 30.6 Å². The zero-order valence-electron chi connectivity index (χ0n) is 16.3. The molecule has 0 spiro atoms. The molecule has 0 saturated heterocycles. The van der Waals surface area contributed by atoms with Crippen LogP contribution in [0.4, 0.5) is 5.69 Å². The van der Waals surface area contributed by atoms with Gasteiger partial charge in [0.2, 0.25) is 5.91 Å². The van der Waals surface area contributed by atoms with Crippen molar-refractivity contribution in [2.24, 2.45) is 0 Å². The Hall–Kier alpha value is -2.34. The van der Waals surface area contributed by atoms with Crippen LogP contribution in [0, 0.1) is 13.8 Å². The number of aliphatic hydroxyl groups excluding tert-OH is 1. The van der Waals surface area contributed by atoms with E-state index < -0.39 is 5.54 Å². The molecule has 1 aromatic heterocycles. The fourth-order valence-corrected chi connectivity index (χ4v) is 3.88. The van der Waals surface area contributed by atoms with Crippen molar-refractivity contribution in [3.63, 3.8) is 0 Å². The number of benzene rings is 1. The lowest BCUT2D eigenvalue weighted by atomic mass is 9.80. The van der Waals surface area contributed by atoms with E-state index in [1.165, 1.54) is 11.1 Å². The number of anilines is 1. The number of nitrogens with one attached hydrogen (secondary N) is 2. The summed E-state index contributed by atoms with van der Waals surface area (Å²) in [6, 6.07) is 6.25. The molecule has 1 heterocycles. The molecule has 0 radical (unpaired) electrons. The molecule has 3 rings (SSSR count). The van der Waals surface area contributed by atoms with Crippen LogP contribution in [0.5, 0.6) is 0 Å². The fraction of sp³-hybridized carbons (Fsp3) is 0.524. The van der Waals surface area contributed by atoms with Gasteiger partial charge in [0.15, 0.2) is 0 Å². The third kappa shape index (κ3) is 4.50. The van der Waals surface area contributed by atoms with Gasteiger partial charge in [-0.3, -0.25) is 4.79 Å². The van der Waals surface area contributed by atoms with Gasteiger partial charge in [0.05, 0.1) is 13.2 Å². The largest absolute Gasteiger partial charge is 0.395 e. The minimum atomic E-state index is -0.623. The van der Waals surface area contributed by atoms with E-state index in [1.807, 2.05) is 0 Å². The molecule has 2 aromatic rings. The number of carbonyl (C=O) groups excluding carboxylic acids is 1. The van der Waals surface area contributed by atoms with Crippen LogP contribution in [-0.4, -0.2) is 44.6 Å². The Balaban J connectivity index is 1.86. The fourth-order valence-electron chi connectivity index (χ4n) is 3.88. The van der Waals surface area contributed by atoms with Crippen LogP contribution in [0.25, 0.3) is 0 Å². The van der Waals surface area contributed by atoms with Crippen molar-refractivity contribution in [1.82, 2.24) is 14.9 Å². The quantitative estimate of drug-likeness (QED) is 0.699. The summed E-state index contributed by atoms with van der Waals surface area (Å²) in [5, 5.41) is 13.1. The molecule has 27 heavy (non-hydrogen) atoms. The third-order valence-corrected chi connectivity index (χ3v) is 5.56. The number of hydrogen-bond donors (Lipinski definition) is 3. The smallest absolute Gasteiger partial charge is 0.248 e. The number of hydrogen-bond acceptors (Lipinski definition) is 4. The first-order chi connectivity index (χ1) is 13.0. The molecule has 1 saturated carbocycles. The number of H-pyrrole nitrogens is 1. The SMILES string of the molecule is Cc1ccc(NC2(C(=O)N(CCO)Cc3ncc[nH]3)CCCCC2)cc1C. The highest BCUT2D eigenvalue weighted by Crippen LogP contribution is 2.34. The normalized spacial score (nSPS) is 16.1. The number of aromatic amines is 1. The Bertz CT molecular complexity index is 752. The highest BCUT2D eigenvalue weighted by molar-refractivity contribution is 5.89. The van der Waals surface area contributed by atoms with E-state index in [4.69, 9.17) is 0 Å². The van der Waals surface area contributed by atoms with Gasteiger partial charge >= 0.3 is 0 Å². The van der Waals surface area contributed by atoms with E-state index in [-0.39, 0.29) is 12.5 Å². The second-order valence-electron chi connectivity index (χ2n) is 7.55. The molecule has 1 amide bonds. The average Bonchev–Trinajstić information content (AvgIpc) is 3.18. The number of aliphatic hydroxyl groups is 1. The summed E-state index contributed by atoms with van der Waals surface area (Å²) in [5.41, 5.74) is 2.81. The number of aromatic nitrogens is 2. The summed E-state index contributed by atoms with van der Waals surface area (Å²) in [4.78, 5) is 22.6. The molecule has 0 unspecified atom stereocenters. The van der Waals surface area contributed by atoms with Crippen LogP contribution in [-0.2, 0) is 11.3 Å². The molecule has 0 aliphatic heterocycles. The summed E-state index contributed by atoms with van der Waals surface area (Å²) in [7, 11) is 0. The molecule has 0 bridgehead atoms. The van der Waals surface area contributed by atoms with Crippen molar-refractivity contribution < 1.29 is 9.90 Å². The molecule has 6 heteroatoms. The van der Waals surface area contributed by atoms with E-state index in [2.05, 4.69) is 47.3 Å². The summed E-state index contributed by atoms with van der Waals surface area (Å²) >= 11 is 0. The van der Waals surface area contributed by atoms with Crippen molar-refractivity contribution in [3.8, 4) is 0 Å². The Kier molecular flexibility index (Phi) is 6.16. The zero-order valence-corrected chi connectivity index (χ0v) is 16.3. The van der Waals surface area contributed by atoms with Crippen molar-refractivity contribution >= 4 is 11.6 Å². The van der Waals surface area contributed by atoms with Gasteiger partial charge in [-0.15, -0.1) is 0 Å². The molecule has 3 N–H and O–H groups in total. The number of amides is 1. The molecule has 146 valence electrons. The molecular formula is C21H30N4O2. The van der Waals surface area contributed by atoms with E-state index in [9.17, 15) is 9.90 Å². The van der Waals surface area contributed by atoms with Crippen LogP contribution in [0.2, 0.25) is 0 Å². The van der Waals surface area contributed by atoms with Gasteiger partial charge in [-0.25, -0.2) is 4.98 Å². The maximum absolute atomic E-state index is 13.6. The van der Waals surface area contributed by atoms with E-state index in [0.717, 1.165) is 43.6 Å². The van der Waals surface area contributed by atoms with Crippen LogP contribution in [0.1, 0.15) is 49.1 Å². The predicted octanol–water partition coefficient (Wildman–Crippen LogP) is 3.16. The number of aryl methyl sites for hydroxylation is 2. The Morgan fingerprint density at radius 2 is 2.04 bits per heavy atom. The van der Waals surface area contributed by atoms with Crippen LogP contribution >= 0.6 is 0 Å². The summed E-state index contributed by atoms with van der Waals surface area (Å²) < 4.78 is 0. The second-order valence-corrected chi connectivity index (χ2v) is 7.55. The molecule has 1 aromatic carbocycles. The van der Waals surface area contributed by atoms with Gasteiger partial charge in [0.25, 0.3) is 0 Å². The molecule has 1 aliphatic carbocycles. The predicted molar refractivity (Wildman–Crippen MR) is 106 cm³/mol. The van der Waals surface area contributed by atoms with E-state index in [1.54, 1.807) is 17.3 Å². The van der Waals surface area contributed by atoms with Gasteiger partial charge in [-0.05, 0) is 49.9 Å². The summed E-state index contributed by atoms with van der Waals surface area (Å²) in [5.74, 6) is 0.778. The Labute approximate surface area is 161 Å². The first kappa shape index (κ1) is 19.4. The topological polar surface area (TPSA) is 81.2 Å². The molecular weight excluding hydrogens is 340 g/mol. The summed E-state index contributed by atoms with van der Waals surface area (Å²) in [6.07, 6.45) is 8.25. The third-order valence-electron chi connectivity index (χ3n) is 5.56. The first-order valence-corrected chi connectivity index (χ1v) is 9.78.